The Bertz CT molecular complexity index is 137. The maximum absolute atomic E-state index is 5.79. The average molecular weight is 123 g/mol. The van der Waals surface area contributed by atoms with Crippen molar-refractivity contribution in [3.05, 3.63) is 0 Å². The lowest BCUT2D eigenvalue weighted by Crippen LogP contribution is -2.45. The van der Waals surface area contributed by atoms with Gasteiger partial charge in [-0.05, 0) is 25.7 Å². The standard InChI is InChI=1S/C8H13N/c1-3-8(2,9)7-5-4-6-7/h1,7H,4-6,9H2,2H3. The molecule has 0 heterocycles. The van der Waals surface area contributed by atoms with Gasteiger partial charge in [-0.2, -0.15) is 0 Å². The highest BCUT2D eigenvalue weighted by Gasteiger charge is 2.32. The summed E-state index contributed by atoms with van der Waals surface area (Å²) in [6, 6.07) is 0. The van der Waals surface area contributed by atoms with Gasteiger partial charge in [0.1, 0.15) is 0 Å². The second-order valence-electron chi connectivity index (χ2n) is 3.05. The SMILES string of the molecule is C#CC(C)(N)C1CCC1. The Kier molecular flexibility index (Phi) is 1.50. The van der Waals surface area contributed by atoms with E-state index in [1.54, 1.807) is 0 Å². The first kappa shape index (κ1) is 6.64. The van der Waals surface area contributed by atoms with E-state index >= 15 is 0 Å². The molecular weight excluding hydrogens is 110 g/mol. The Morgan fingerprint density at radius 2 is 2.22 bits per heavy atom. The number of rotatable bonds is 1. The minimum absolute atomic E-state index is 0.335. The lowest BCUT2D eigenvalue weighted by Gasteiger charge is -2.36. The first-order chi connectivity index (χ1) is 4.17. The molecule has 1 rings (SSSR count). The summed E-state index contributed by atoms with van der Waals surface area (Å²) in [6.07, 6.45) is 8.99. The van der Waals surface area contributed by atoms with E-state index in [-0.39, 0.29) is 5.54 Å². The highest BCUT2D eigenvalue weighted by atomic mass is 14.7. The Morgan fingerprint density at radius 1 is 1.67 bits per heavy atom. The zero-order valence-electron chi connectivity index (χ0n) is 5.85. The van der Waals surface area contributed by atoms with Gasteiger partial charge in [0.25, 0.3) is 0 Å². The van der Waals surface area contributed by atoms with Gasteiger partial charge in [0.15, 0.2) is 0 Å². The second-order valence-corrected chi connectivity index (χ2v) is 3.05. The lowest BCUT2D eigenvalue weighted by atomic mass is 9.73. The maximum atomic E-state index is 5.79. The molecule has 0 aromatic carbocycles. The number of terminal acetylenes is 1. The number of hydrogen-bond donors (Lipinski definition) is 1. The topological polar surface area (TPSA) is 26.0 Å². The van der Waals surface area contributed by atoms with Crippen LogP contribution in [-0.4, -0.2) is 5.54 Å². The maximum Gasteiger partial charge on any atom is 0.0773 e. The third kappa shape index (κ3) is 1.09. The van der Waals surface area contributed by atoms with E-state index in [2.05, 4.69) is 5.92 Å². The Morgan fingerprint density at radius 3 is 2.33 bits per heavy atom. The molecule has 1 fully saturated rings. The van der Waals surface area contributed by atoms with Gasteiger partial charge in [-0.1, -0.05) is 12.3 Å². The van der Waals surface area contributed by atoms with Crippen molar-refractivity contribution in [3.8, 4) is 12.3 Å². The summed E-state index contributed by atoms with van der Waals surface area (Å²) >= 11 is 0. The minimum atomic E-state index is -0.335. The van der Waals surface area contributed by atoms with Crippen molar-refractivity contribution in [2.24, 2.45) is 11.7 Å². The van der Waals surface area contributed by atoms with Gasteiger partial charge in [-0.15, -0.1) is 6.42 Å². The van der Waals surface area contributed by atoms with Gasteiger partial charge < -0.3 is 5.73 Å². The van der Waals surface area contributed by atoms with E-state index in [4.69, 9.17) is 12.2 Å². The fraction of sp³-hybridized carbons (Fsp3) is 0.750. The summed E-state index contributed by atoms with van der Waals surface area (Å²) in [4.78, 5) is 0. The van der Waals surface area contributed by atoms with E-state index in [0.29, 0.717) is 5.92 Å². The molecule has 1 nitrogen and oxygen atoms in total. The second kappa shape index (κ2) is 2.04. The van der Waals surface area contributed by atoms with Gasteiger partial charge in [0, 0.05) is 0 Å². The predicted octanol–water partition coefficient (Wildman–Crippen LogP) is 1.14. The average Bonchev–Trinajstić information content (AvgIpc) is 1.60. The number of nitrogens with two attached hydrogens (primary N) is 1. The predicted molar refractivity (Wildman–Crippen MR) is 38.8 cm³/mol. The Balaban J connectivity index is 2.50. The molecule has 0 saturated heterocycles. The van der Waals surface area contributed by atoms with Gasteiger partial charge in [0.05, 0.1) is 5.54 Å². The quantitative estimate of drug-likeness (QED) is 0.520. The van der Waals surface area contributed by atoms with E-state index < -0.39 is 0 Å². The molecule has 1 unspecified atom stereocenters. The molecule has 0 aliphatic heterocycles. The molecule has 0 aromatic rings. The molecule has 50 valence electrons. The molecule has 1 aliphatic rings. The molecule has 9 heavy (non-hydrogen) atoms. The summed E-state index contributed by atoms with van der Waals surface area (Å²) in [5, 5.41) is 0. The summed E-state index contributed by atoms with van der Waals surface area (Å²) in [5.74, 6) is 3.21. The zero-order valence-corrected chi connectivity index (χ0v) is 5.85. The summed E-state index contributed by atoms with van der Waals surface area (Å²) in [5.41, 5.74) is 5.45. The monoisotopic (exact) mass is 123 g/mol. The van der Waals surface area contributed by atoms with Gasteiger partial charge >= 0.3 is 0 Å². The van der Waals surface area contributed by atoms with Crippen LogP contribution in [-0.2, 0) is 0 Å². The first-order valence-electron chi connectivity index (χ1n) is 3.43. The largest absolute Gasteiger partial charge is 0.315 e. The third-order valence-corrected chi connectivity index (χ3v) is 2.26. The van der Waals surface area contributed by atoms with Crippen LogP contribution in [0.4, 0.5) is 0 Å². The van der Waals surface area contributed by atoms with Crippen molar-refractivity contribution in [1.82, 2.24) is 0 Å². The molecule has 0 radical (unpaired) electrons. The summed E-state index contributed by atoms with van der Waals surface area (Å²) < 4.78 is 0. The molecule has 0 bridgehead atoms. The van der Waals surface area contributed by atoms with Crippen LogP contribution < -0.4 is 5.73 Å². The zero-order chi connectivity index (χ0) is 6.91. The van der Waals surface area contributed by atoms with Crippen LogP contribution in [0.3, 0.4) is 0 Å². The van der Waals surface area contributed by atoms with Crippen LogP contribution in [0.25, 0.3) is 0 Å². The van der Waals surface area contributed by atoms with Crippen LogP contribution in [0.5, 0.6) is 0 Å². The number of hydrogen-bond acceptors (Lipinski definition) is 1. The van der Waals surface area contributed by atoms with Crippen LogP contribution >= 0.6 is 0 Å². The molecular formula is C8H13N. The van der Waals surface area contributed by atoms with E-state index in [9.17, 15) is 0 Å². The van der Waals surface area contributed by atoms with Crippen LogP contribution in [0.15, 0.2) is 0 Å². The third-order valence-electron chi connectivity index (χ3n) is 2.26. The first-order valence-corrected chi connectivity index (χ1v) is 3.43. The van der Waals surface area contributed by atoms with Crippen LogP contribution in [0.1, 0.15) is 26.2 Å². The summed E-state index contributed by atoms with van der Waals surface area (Å²) in [6.45, 7) is 1.94. The molecule has 2 N–H and O–H groups in total. The van der Waals surface area contributed by atoms with Crippen molar-refractivity contribution in [2.75, 3.05) is 0 Å². The molecule has 1 aliphatic carbocycles. The van der Waals surface area contributed by atoms with Gasteiger partial charge in [-0.3, -0.25) is 0 Å². The van der Waals surface area contributed by atoms with Crippen molar-refractivity contribution in [1.29, 1.82) is 0 Å². The van der Waals surface area contributed by atoms with Crippen LogP contribution in [0, 0.1) is 18.3 Å². The van der Waals surface area contributed by atoms with Crippen molar-refractivity contribution >= 4 is 0 Å². The van der Waals surface area contributed by atoms with Crippen molar-refractivity contribution < 1.29 is 0 Å². The molecule has 1 atom stereocenters. The molecule has 1 heteroatoms. The fourth-order valence-electron chi connectivity index (χ4n) is 1.13. The lowest BCUT2D eigenvalue weighted by molar-refractivity contribution is 0.229. The van der Waals surface area contributed by atoms with E-state index in [0.717, 1.165) is 0 Å². The highest BCUT2D eigenvalue weighted by molar-refractivity contribution is 5.13. The molecule has 0 amide bonds. The van der Waals surface area contributed by atoms with Crippen molar-refractivity contribution in [2.45, 2.75) is 31.7 Å². The Hall–Kier alpha value is -0.480. The summed E-state index contributed by atoms with van der Waals surface area (Å²) in [7, 11) is 0. The van der Waals surface area contributed by atoms with E-state index in [1.807, 2.05) is 6.92 Å². The smallest absolute Gasteiger partial charge is 0.0773 e. The Labute approximate surface area is 56.6 Å². The van der Waals surface area contributed by atoms with Crippen molar-refractivity contribution in [3.63, 3.8) is 0 Å². The molecule has 1 saturated carbocycles. The van der Waals surface area contributed by atoms with E-state index in [1.165, 1.54) is 19.3 Å². The normalized spacial score (nSPS) is 25.9. The molecule has 0 spiro atoms. The minimum Gasteiger partial charge on any atom is -0.315 e. The highest BCUT2D eigenvalue weighted by Crippen LogP contribution is 2.33. The van der Waals surface area contributed by atoms with Gasteiger partial charge in [-0.25, -0.2) is 0 Å². The van der Waals surface area contributed by atoms with Crippen LogP contribution in [0.2, 0.25) is 0 Å². The van der Waals surface area contributed by atoms with Gasteiger partial charge in [0.2, 0.25) is 0 Å². The fourth-order valence-corrected chi connectivity index (χ4v) is 1.13. The molecule has 0 aromatic heterocycles.